The van der Waals surface area contributed by atoms with Crippen molar-refractivity contribution in [2.75, 3.05) is 0 Å². The Kier molecular flexibility index (Phi) is 3.17. The molecule has 0 aliphatic heterocycles. The van der Waals surface area contributed by atoms with Crippen LogP contribution in [0, 0.1) is 0 Å². The minimum atomic E-state index is -3.98. The van der Waals surface area contributed by atoms with Crippen molar-refractivity contribution >= 4 is 21.7 Å². The molecular weight excluding hydrogens is 164 g/mol. The van der Waals surface area contributed by atoms with Crippen molar-refractivity contribution in [1.82, 2.24) is 0 Å². The molecule has 0 fully saturated rings. The van der Waals surface area contributed by atoms with E-state index in [4.69, 9.17) is 16.2 Å². The fraction of sp³-hybridized carbons (Fsp3) is 0.500. The zero-order valence-electron chi connectivity index (χ0n) is 4.78. The highest BCUT2D eigenvalue weighted by Gasteiger charge is 1.95. The van der Waals surface area contributed by atoms with Gasteiger partial charge in [-0.1, -0.05) is 6.08 Å². The SMILES string of the molecule is CC(Cl)C=CS(=O)(=O)O. The molecule has 5 heteroatoms. The average Bonchev–Trinajstić information content (AvgIpc) is 1.59. The monoisotopic (exact) mass is 170 g/mol. The predicted octanol–water partition coefficient (Wildman–Crippen LogP) is 1.02. The van der Waals surface area contributed by atoms with Crippen molar-refractivity contribution in [2.24, 2.45) is 0 Å². The van der Waals surface area contributed by atoms with E-state index in [1.807, 2.05) is 0 Å². The quantitative estimate of drug-likeness (QED) is 0.497. The Bertz CT molecular complexity index is 192. The molecule has 0 aromatic carbocycles. The summed E-state index contributed by atoms with van der Waals surface area (Å²) in [4.78, 5) is 0. The normalized spacial score (nSPS) is 16.3. The van der Waals surface area contributed by atoms with Crippen molar-refractivity contribution in [3.63, 3.8) is 0 Å². The maximum absolute atomic E-state index is 9.95. The van der Waals surface area contributed by atoms with Gasteiger partial charge in [0.15, 0.2) is 0 Å². The highest BCUT2D eigenvalue weighted by atomic mass is 35.5. The van der Waals surface area contributed by atoms with Crippen molar-refractivity contribution < 1.29 is 13.0 Å². The van der Waals surface area contributed by atoms with Gasteiger partial charge >= 0.3 is 0 Å². The maximum Gasteiger partial charge on any atom is 0.287 e. The lowest BCUT2D eigenvalue weighted by atomic mass is 10.5. The molecule has 0 saturated carbocycles. The Morgan fingerprint density at radius 3 is 2.22 bits per heavy atom. The molecule has 0 bridgehead atoms. The Morgan fingerprint density at radius 1 is 1.67 bits per heavy atom. The zero-order valence-corrected chi connectivity index (χ0v) is 6.35. The number of halogens is 1. The standard InChI is InChI=1S/C4H7ClO3S/c1-4(5)2-3-9(6,7)8/h2-4H,1H3,(H,6,7,8). The van der Waals surface area contributed by atoms with Gasteiger partial charge in [0.25, 0.3) is 10.1 Å². The van der Waals surface area contributed by atoms with Crippen LogP contribution in [0.2, 0.25) is 0 Å². The summed E-state index contributed by atoms with van der Waals surface area (Å²) < 4.78 is 28.0. The van der Waals surface area contributed by atoms with E-state index < -0.39 is 10.1 Å². The largest absolute Gasteiger partial charge is 0.287 e. The molecule has 9 heavy (non-hydrogen) atoms. The van der Waals surface area contributed by atoms with Crippen molar-refractivity contribution in [3.05, 3.63) is 11.5 Å². The lowest BCUT2D eigenvalue weighted by Gasteiger charge is -1.87. The third kappa shape index (κ3) is 7.94. The Labute approximate surface area is 59.1 Å². The van der Waals surface area contributed by atoms with Gasteiger partial charge in [0.1, 0.15) is 0 Å². The third-order valence-corrected chi connectivity index (χ3v) is 1.16. The Hall–Kier alpha value is -0.0600. The van der Waals surface area contributed by atoms with Crippen LogP contribution in [-0.2, 0) is 10.1 Å². The molecule has 0 spiro atoms. The Morgan fingerprint density at radius 2 is 2.11 bits per heavy atom. The van der Waals surface area contributed by atoms with Gasteiger partial charge in [-0.05, 0) is 6.92 Å². The lowest BCUT2D eigenvalue weighted by molar-refractivity contribution is 0.494. The molecule has 0 saturated heterocycles. The van der Waals surface area contributed by atoms with Crippen LogP contribution in [0.15, 0.2) is 11.5 Å². The molecule has 0 radical (unpaired) electrons. The fourth-order valence-corrected chi connectivity index (χ4v) is 0.801. The van der Waals surface area contributed by atoms with Crippen LogP contribution in [0.1, 0.15) is 6.92 Å². The van der Waals surface area contributed by atoms with Crippen LogP contribution in [0.5, 0.6) is 0 Å². The number of hydrogen-bond donors (Lipinski definition) is 1. The summed E-state index contributed by atoms with van der Waals surface area (Å²) in [6.07, 6.45) is 1.18. The molecule has 0 aliphatic carbocycles. The van der Waals surface area contributed by atoms with Crippen LogP contribution >= 0.6 is 11.6 Å². The smallest absolute Gasteiger partial charge is 0.282 e. The summed E-state index contributed by atoms with van der Waals surface area (Å²) in [6.45, 7) is 1.59. The summed E-state index contributed by atoms with van der Waals surface area (Å²) in [5.74, 6) is 0. The van der Waals surface area contributed by atoms with E-state index >= 15 is 0 Å². The van der Waals surface area contributed by atoms with E-state index in [2.05, 4.69) is 0 Å². The highest BCUT2D eigenvalue weighted by Crippen LogP contribution is 1.96. The lowest BCUT2D eigenvalue weighted by Crippen LogP contribution is -1.91. The molecule has 1 atom stereocenters. The van der Waals surface area contributed by atoms with Gasteiger partial charge in [0.05, 0.1) is 5.41 Å². The van der Waals surface area contributed by atoms with E-state index in [-0.39, 0.29) is 5.38 Å². The van der Waals surface area contributed by atoms with Gasteiger partial charge in [-0.15, -0.1) is 11.6 Å². The molecule has 1 N–H and O–H groups in total. The molecule has 0 heterocycles. The number of hydrogen-bond acceptors (Lipinski definition) is 2. The molecule has 0 aromatic rings. The van der Waals surface area contributed by atoms with Crippen LogP contribution in [0.4, 0.5) is 0 Å². The molecule has 54 valence electrons. The van der Waals surface area contributed by atoms with Gasteiger partial charge in [0.2, 0.25) is 0 Å². The maximum atomic E-state index is 9.95. The van der Waals surface area contributed by atoms with Crippen LogP contribution < -0.4 is 0 Å². The average molecular weight is 171 g/mol. The molecule has 0 aliphatic rings. The van der Waals surface area contributed by atoms with E-state index in [0.29, 0.717) is 5.41 Å². The van der Waals surface area contributed by atoms with Gasteiger partial charge in [-0.3, -0.25) is 4.55 Å². The Balaban J connectivity index is 4.03. The minimum Gasteiger partial charge on any atom is -0.282 e. The van der Waals surface area contributed by atoms with E-state index in [1.54, 1.807) is 6.92 Å². The van der Waals surface area contributed by atoms with E-state index in [1.165, 1.54) is 6.08 Å². The van der Waals surface area contributed by atoms with Crippen molar-refractivity contribution in [2.45, 2.75) is 12.3 Å². The number of allylic oxidation sites excluding steroid dienone is 1. The third-order valence-electron chi connectivity index (χ3n) is 0.516. The second kappa shape index (κ2) is 3.20. The van der Waals surface area contributed by atoms with Gasteiger partial charge in [-0.25, -0.2) is 0 Å². The van der Waals surface area contributed by atoms with E-state index in [0.717, 1.165) is 0 Å². The van der Waals surface area contributed by atoms with E-state index in [9.17, 15) is 8.42 Å². The second-order valence-electron chi connectivity index (χ2n) is 1.52. The molecule has 0 amide bonds. The fourth-order valence-electron chi connectivity index (χ4n) is 0.208. The van der Waals surface area contributed by atoms with Crippen LogP contribution in [-0.4, -0.2) is 18.3 Å². The summed E-state index contributed by atoms with van der Waals surface area (Å²) >= 11 is 5.32. The zero-order chi connectivity index (χ0) is 7.49. The van der Waals surface area contributed by atoms with Gasteiger partial charge in [-0.2, -0.15) is 8.42 Å². The molecule has 0 rings (SSSR count). The molecular formula is C4H7ClO3S. The minimum absolute atomic E-state index is 0.382. The predicted molar refractivity (Wildman–Crippen MR) is 36.0 cm³/mol. The summed E-state index contributed by atoms with van der Waals surface area (Å²) in [5.41, 5.74) is 0. The first kappa shape index (κ1) is 8.94. The first-order valence-corrected chi connectivity index (χ1v) is 4.15. The van der Waals surface area contributed by atoms with Crippen LogP contribution in [0.25, 0.3) is 0 Å². The summed E-state index contributed by atoms with van der Waals surface area (Å²) in [6, 6.07) is 0. The van der Waals surface area contributed by atoms with Crippen molar-refractivity contribution in [1.29, 1.82) is 0 Å². The summed E-state index contributed by atoms with van der Waals surface area (Å²) in [5, 5.41) is 0.275. The highest BCUT2D eigenvalue weighted by molar-refractivity contribution is 7.88. The van der Waals surface area contributed by atoms with Gasteiger partial charge in [0, 0.05) is 5.38 Å². The first-order valence-electron chi connectivity index (χ1n) is 2.21. The van der Waals surface area contributed by atoms with Crippen molar-refractivity contribution in [3.8, 4) is 0 Å². The first-order chi connectivity index (χ1) is 3.92. The summed E-state index contributed by atoms with van der Waals surface area (Å²) in [7, 11) is -3.98. The topological polar surface area (TPSA) is 54.4 Å². The number of rotatable bonds is 2. The molecule has 0 aromatic heterocycles. The second-order valence-corrected chi connectivity index (χ2v) is 3.51. The molecule has 1 unspecified atom stereocenters. The van der Waals surface area contributed by atoms with Gasteiger partial charge < -0.3 is 0 Å². The molecule has 3 nitrogen and oxygen atoms in total. The number of alkyl halides is 1. The van der Waals surface area contributed by atoms with Crippen LogP contribution in [0.3, 0.4) is 0 Å².